The highest BCUT2D eigenvalue weighted by atomic mass is 32.2. The number of carbonyl (C=O) groups is 1. The summed E-state index contributed by atoms with van der Waals surface area (Å²) < 4.78 is 33.0. The summed E-state index contributed by atoms with van der Waals surface area (Å²) in [6, 6.07) is 20.8. The molecule has 3 aromatic carbocycles. The number of sulfonamides is 1. The average Bonchev–Trinajstić information content (AvgIpc) is 2.74. The lowest BCUT2D eigenvalue weighted by molar-refractivity contribution is -0.117. The van der Waals surface area contributed by atoms with E-state index in [1.165, 1.54) is 19.1 Å². The van der Waals surface area contributed by atoms with Gasteiger partial charge in [-0.25, -0.2) is 8.42 Å². The molecule has 3 rings (SSSR count). The van der Waals surface area contributed by atoms with Crippen molar-refractivity contribution in [2.75, 3.05) is 12.4 Å². The van der Waals surface area contributed by atoms with E-state index >= 15 is 0 Å². The molecule has 1 amide bonds. The molecule has 0 aliphatic rings. The van der Waals surface area contributed by atoms with Crippen LogP contribution in [0.15, 0.2) is 77.7 Å². The lowest BCUT2D eigenvalue weighted by Gasteiger charge is -2.16. The van der Waals surface area contributed by atoms with Crippen molar-refractivity contribution in [3.8, 4) is 5.75 Å². The van der Waals surface area contributed by atoms with E-state index in [-0.39, 0.29) is 4.90 Å². The van der Waals surface area contributed by atoms with Crippen LogP contribution in [0.4, 0.5) is 5.69 Å². The Morgan fingerprint density at radius 2 is 1.68 bits per heavy atom. The summed E-state index contributed by atoms with van der Waals surface area (Å²) in [4.78, 5) is 12.7. The van der Waals surface area contributed by atoms with Crippen molar-refractivity contribution < 1.29 is 17.9 Å². The van der Waals surface area contributed by atoms with Gasteiger partial charge in [-0.15, -0.1) is 0 Å². The van der Waals surface area contributed by atoms with Crippen molar-refractivity contribution >= 4 is 21.6 Å². The Bertz CT molecular complexity index is 1140. The molecule has 0 aliphatic heterocycles. The fraction of sp³-hybridized carbons (Fsp3) is 0.208. The standard InChI is InChI=1S/C24H26N2O4S/c1-17-9-12-22(13-10-17)31(28,29)26-18(2)24(27)25-21-11-14-23(30-3)20(16-21)15-19-7-5-4-6-8-19/h4-14,16,18,26H,15H2,1-3H3,(H,25,27)/t18-/m0/s1. The number of benzene rings is 3. The summed E-state index contributed by atoms with van der Waals surface area (Å²) >= 11 is 0. The van der Waals surface area contributed by atoms with Gasteiger partial charge in [0.05, 0.1) is 18.0 Å². The van der Waals surface area contributed by atoms with Crippen molar-refractivity contribution in [1.82, 2.24) is 4.72 Å². The van der Waals surface area contributed by atoms with E-state index in [1.807, 2.05) is 43.3 Å². The number of aryl methyl sites for hydroxylation is 1. The summed E-state index contributed by atoms with van der Waals surface area (Å²) in [5.41, 5.74) is 3.55. The monoisotopic (exact) mass is 438 g/mol. The van der Waals surface area contributed by atoms with Crippen molar-refractivity contribution in [1.29, 1.82) is 0 Å². The molecular formula is C24H26N2O4S. The number of hydrogen-bond acceptors (Lipinski definition) is 4. The molecule has 0 fully saturated rings. The largest absolute Gasteiger partial charge is 0.496 e. The van der Waals surface area contributed by atoms with Gasteiger partial charge in [-0.2, -0.15) is 4.72 Å². The number of ether oxygens (including phenoxy) is 1. The molecule has 1 atom stereocenters. The highest BCUT2D eigenvalue weighted by Gasteiger charge is 2.22. The number of rotatable bonds is 8. The average molecular weight is 439 g/mol. The van der Waals surface area contributed by atoms with Crippen LogP contribution in [0.5, 0.6) is 5.75 Å². The van der Waals surface area contributed by atoms with Crippen molar-refractivity contribution in [3.05, 3.63) is 89.5 Å². The summed E-state index contributed by atoms with van der Waals surface area (Å²) in [5.74, 6) is 0.265. The molecule has 0 saturated heterocycles. The summed E-state index contributed by atoms with van der Waals surface area (Å²) in [5, 5.41) is 2.78. The van der Waals surface area contributed by atoms with Crippen LogP contribution in [0.2, 0.25) is 0 Å². The molecule has 0 aromatic heterocycles. The quantitative estimate of drug-likeness (QED) is 0.559. The fourth-order valence-corrected chi connectivity index (χ4v) is 4.34. The highest BCUT2D eigenvalue weighted by Crippen LogP contribution is 2.25. The van der Waals surface area contributed by atoms with E-state index < -0.39 is 22.0 Å². The maximum atomic E-state index is 12.6. The van der Waals surface area contributed by atoms with E-state index in [0.717, 1.165) is 22.4 Å². The molecular weight excluding hydrogens is 412 g/mol. The van der Waals surface area contributed by atoms with Crippen LogP contribution in [0.25, 0.3) is 0 Å². The van der Waals surface area contributed by atoms with E-state index in [2.05, 4.69) is 10.0 Å². The third-order valence-electron chi connectivity index (χ3n) is 4.84. The maximum Gasteiger partial charge on any atom is 0.242 e. The molecule has 31 heavy (non-hydrogen) atoms. The third-order valence-corrected chi connectivity index (χ3v) is 6.40. The molecule has 6 nitrogen and oxygen atoms in total. The van der Waals surface area contributed by atoms with Crippen molar-refractivity contribution in [2.45, 2.75) is 31.2 Å². The number of carbonyl (C=O) groups excluding carboxylic acids is 1. The first kappa shape index (κ1) is 22.5. The number of amides is 1. The predicted octanol–water partition coefficient (Wildman–Crippen LogP) is 3.90. The first-order chi connectivity index (χ1) is 14.8. The van der Waals surface area contributed by atoms with Gasteiger partial charge in [0, 0.05) is 17.7 Å². The second kappa shape index (κ2) is 9.76. The molecule has 0 heterocycles. The predicted molar refractivity (Wildman–Crippen MR) is 122 cm³/mol. The second-order valence-corrected chi connectivity index (χ2v) is 9.05. The lowest BCUT2D eigenvalue weighted by atomic mass is 10.0. The van der Waals surface area contributed by atoms with Gasteiger partial charge in [-0.1, -0.05) is 48.0 Å². The Kier molecular flexibility index (Phi) is 7.09. The van der Waals surface area contributed by atoms with Gasteiger partial charge in [0.25, 0.3) is 0 Å². The fourth-order valence-electron chi connectivity index (χ4n) is 3.13. The van der Waals surface area contributed by atoms with Crippen LogP contribution >= 0.6 is 0 Å². The Morgan fingerprint density at radius 1 is 1.00 bits per heavy atom. The zero-order valence-corrected chi connectivity index (χ0v) is 18.6. The van der Waals surface area contributed by atoms with Crippen LogP contribution in [-0.2, 0) is 21.2 Å². The lowest BCUT2D eigenvalue weighted by Crippen LogP contribution is -2.41. The summed E-state index contributed by atoms with van der Waals surface area (Å²) in [7, 11) is -2.20. The normalized spacial score (nSPS) is 12.2. The Hall–Kier alpha value is -3.16. The molecule has 0 radical (unpaired) electrons. The molecule has 7 heteroatoms. The van der Waals surface area contributed by atoms with Gasteiger partial charge in [-0.05, 0) is 49.7 Å². The van der Waals surface area contributed by atoms with Gasteiger partial charge >= 0.3 is 0 Å². The topological polar surface area (TPSA) is 84.5 Å². The molecule has 0 spiro atoms. The molecule has 0 saturated carbocycles. The van der Waals surface area contributed by atoms with Crippen LogP contribution in [0.1, 0.15) is 23.6 Å². The van der Waals surface area contributed by atoms with E-state index in [9.17, 15) is 13.2 Å². The minimum atomic E-state index is -3.80. The number of methoxy groups -OCH3 is 1. The first-order valence-corrected chi connectivity index (χ1v) is 11.4. The molecule has 2 N–H and O–H groups in total. The number of hydrogen-bond donors (Lipinski definition) is 2. The van der Waals surface area contributed by atoms with Crippen LogP contribution in [0, 0.1) is 6.92 Å². The van der Waals surface area contributed by atoms with Gasteiger partial charge < -0.3 is 10.1 Å². The smallest absolute Gasteiger partial charge is 0.242 e. The van der Waals surface area contributed by atoms with Crippen LogP contribution < -0.4 is 14.8 Å². The minimum Gasteiger partial charge on any atom is -0.496 e. The maximum absolute atomic E-state index is 12.6. The highest BCUT2D eigenvalue weighted by molar-refractivity contribution is 7.89. The molecule has 0 aliphatic carbocycles. The van der Waals surface area contributed by atoms with Crippen LogP contribution in [-0.4, -0.2) is 27.5 Å². The summed E-state index contributed by atoms with van der Waals surface area (Å²) in [6.45, 7) is 3.39. The second-order valence-electron chi connectivity index (χ2n) is 7.33. The molecule has 0 unspecified atom stereocenters. The number of anilines is 1. The van der Waals surface area contributed by atoms with Gasteiger partial charge in [-0.3, -0.25) is 4.79 Å². The van der Waals surface area contributed by atoms with Crippen molar-refractivity contribution in [2.24, 2.45) is 0 Å². The summed E-state index contributed by atoms with van der Waals surface area (Å²) in [6.07, 6.45) is 0.642. The zero-order valence-electron chi connectivity index (χ0n) is 17.8. The van der Waals surface area contributed by atoms with Gasteiger partial charge in [0.1, 0.15) is 5.75 Å². The molecule has 3 aromatic rings. The van der Waals surface area contributed by atoms with Crippen LogP contribution in [0.3, 0.4) is 0 Å². The van der Waals surface area contributed by atoms with E-state index in [4.69, 9.17) is 4.74 Å². The van der Waals surface area contributed by atoms with E-state index in [0.29, 0.717) is 12.1 Å². The van der Waals surface area contributed by atoms with E-state index in [1.54, 1.807) is 31.4 Å². The van der Waals surface area contributed by atoms with Gasteiger partial charge in [0.2, 0.25) is 15.9 Å². The Morgan fingerprint density at radius 3 is 2.32 bits per heavy atom. The molecule has 162 valence electrons. The SMILES string of the molecule is COc1ccc(NC(=O)[C@H](C)NS(=O)(=O)c2ccc(C)cc2)cc1Cc1ccccc1. The first-order valence-electron chi connectivity index (χ1n) is 9.89. The zero-order chi connectivity index (χ0) is 22.4. The third kappa shape index (κ3) is 5.93. The minimum absolute atomic E-state index is 0.118. The number of nitrogens with one attached hydrogen (secondary N) is 2. The molecule has 0 bridgehead atoms. The van der Waals surface area contributed by atoms with Gasteiger partial charge in [0.15, 0.2) is 0 Å². The Labute approximate surface area is 183 Å². The van der Waals surface area contributed by atoms with Crippen molar-refractivity contribution in [3.63, 3.8) is 0 Å². The Balaban J connectivity index is 1.71.